The molecule has 0 spiro atoms. The van der Waals surface area contributed by atoms with Gasteiger partial charge in [0.25, 0.3) is 5.91 Å². The van der Waals surface area contributed by atoms with E-state index in [4.69, 9.17) is 28.9 Å². The Bertz CT molecular complexity index is 865. The van der Waals surface area contributed by atoms with Crippen molar-refractivity contribution >= 4 is 40.8 Å². The first kappa shape index (κ1) is 19.7. The van der Waals surface area contributed by atoms with Crippen molar-refractivity contribution in [2.75, 3.05) is 18.6 Å². The summed E-state index contributed by atoms with van der Waals surface area (Å²) in [5.74, 6) is -0.663. The van der Waals surface area contributed by atoms with E-state index < -0.39 is 12.0 Å². The van der Waals surface area contributed by atoms with Crippen LogP contribution in [0.15, 0.2) is 36.4 Å². The summed E-state index contributed by atoms with van der Waals surface area (Å²) in [5.41, 5.74) is 8.96. The molecule has 0 radical (unpaired) electrons. The van der Waals surface area contributed by atoms with E-state index in [1.807, 2.05) is 18.2 Å². The summed E-state index contributed by atoms with van der Waals surface area (Å²) >= 11 is 12.4. The Morgan fingerprint density at radius 2 is 1.93 bits per heavy atom. The second kappa shape index (κ2) is 8.30. The number of hydrogen-bond donors (Lipinski definition) is 1. The number of nitrogens with zero attached hydrogens (tertiary/aromatic N) is 1. The molecular formula is C20H20Cl2N2O3. The number of halogens is 2. The van der Waals surface area contributed by atoms with Crippen molar-refractivity contribution in [3.63, 3.8) is 0 Å². The Hall–Kier alpha value is -2.08. The van der Waals surface area contributed by atoms with Gasteiger partial charge in [0.1, 0.15) is 6.04 Å². The number of carbonyl (C=O) groups excluding carboxylic acids is 2. The van der Waals surface area contributed by atoms with Gasteiger partial charge in [0, 0.05) is 12.2 Å². The maximum absolute atomic E-state index is 13.1. The predicted octanol–water partition coefficient (Wildman–Crippen LogP) is 3.63. The molecule has 27 heavy (non-hydrogen) atoms. The van der Waals surface area contributed by atoms with E-state index in [0.29, 0.717) is 28.6 Å². The number of anilines is 1. The summed E-state index contributed by atoms with van der Waals surface area (Å²) in [6.07, 6.45) is 2.05. The molecule has 0 unspecified atom stereocenters. The zero-order valence-electron chi connectivity index (χ0n) is 14.9. The molecule has 1 amide bonds. The van der Waals surface area contributed by atoms with Crippen LogP contribution in [0.2, 0.25) is 10.0 Å². The van der Waals surface area contributed by atoms with Gasteiger partial charge in [-0.1, -0.05) is 41.4 Å². The molecule has 0 bridgehead atoms. The first-order valence-corrected chi connectivity index (χ1v) is 9.39. The van der Waals surface area contributed by atoms with Crippen molar-refractivity contribution in [3.8, 4) is 0 Å². The summed E-state index contributed by atoms with van der Waals surface area (Å²) in [7, 11) is 1.32. The first-order valence-electron chi connectivity index (χ1n) is 8.63. The third-order valence-electron chi connectivity index (χ3n) is 4.64. The Morgan fingerprint density at radius 3 is 2.59 bits per heavy atom. The van der Waals surface area contributed by atoms with Crippen LogP contribution in [0.4, 0.5) is 5.69 Å². The van der Waals surface area contributed by atoms with E-state index in [9.17, 15) is 9.59 Å². The summed E-state index contributed by atoms with van der Waals surface area (Å²) < 4.78 is 4.67. The Balaban J connectivity index is 1.89. The summed E-state index contributed by atoms with van der Waals surface area (Å²) in [6, 6.07) is 10.1. The quantitative estimate of drug-likeness (QED) is 0.786. The SMILES string of the molecule is COC(=O)[C@@H](N)Cc1ccc2c(c1)CCCN2C(=O)c1c(Cl)cccc1Cl. The number of hydrogen-bond acceptors (Lipinski definition) is 4. The van der Waals surface area contributed by atoms with E-state index in [1.165, 1.54) is 7.11 Å². The summed E-state index contributed by atoms with van der Waals surface area (Å²) in [5, 5.41) is 0.667. The Morgan fingerprint density at radius 1 is 1.22 bits per heavy atom. The van der Waals surface area contributed by atoms with Crippen LogP contribution in [0, 0.1) is 0 Å². The zero-order valence-corrected chi connectivity index (χ0v) is 16.4. The molecule has 2 aromatic rings. The number of carbonyl (C=O) groups is 2. The highest BCUT2D eigenvalue weighted by atomic mass is 35.5. The van der Waals surface area contributed by atoms with Crippen molar-refractivity contribution < 1.29 is 14.3 Å². The molecule has 1 atom stereocenters. The standard InChI is InChI=1S/C20H20Cl2N2O3/c1-27-20(26)16(23)11-12-7-8-17-13(10-12)4-3-9-24(17)19(25)18-14(21)5-2-6-15(18)22/h2,5-8,10,16H,3-4,9,11,23H2,1H3/t16-/m0/s1. The van der Waals surface area contributed by atoms with Gasteiger partial charge in [-0.2, -0.15) is 0 Å². The van der Waals surface area contributed by atoms with Gasteiger partial charge in [-0.3, -0.25) is 9.59 Å². The molecular weight excluding hydrogens is 387 g/mol. The van der Waals surface area contributed by atoms with Crippen LogP contribution >= 0.6 is 23.2 Å². The van der Waals surface area contributed by atoms with Gasteiger partial charge in [0.2, 0.25) is 0 Å². The maximum Gasteiger partial charge on any atom is 0.322 e. The average Bonchev–Trinajstić information content (AvgIpc) is 2.66. The fraction of sp³-hybridized carbons (Fsp3) is 0.300. The van der Waals surface area contributed by atoms with Crippen LogP contribution in [0.1, 0.15) is 27.9 Å². The Kier molecular flexibility index (Phi) is 6.05. The number of amides is 1. The molecule has 1 aliphatic rings. The van der Waals surface area contributed by atoms with Crippen LogP contribution in [0.3, 0.4) is 0 Å². The number of fused-ring (bicyclic) bond motifs is 1. The molecule has 7 heteroatoms. The Labute approximate surface area is 168 Å². The molecule has 0 fully saturated rings. The molecule has 0 saturated carbocycles. The van der Waals surface area contributed by atoms with Gasteiger partial charge in [0.05, 0.1) is 22.7 Å². The second-order valence-electron chi connectivity index (χ2n) is 6.45. The van der Waals surface area contributed by atoms with E-state index in [-0.39, 0.29) is 5.91 Å². The number of methoxy groups -OCH3 is 1. The minimum Gasteiger partial charge on any atom is -0.468 e. The van der Waals surface area contributed by atoms with Gasteiger partial charge < -0.3 is 15.4 Å². The number of ether oxygens (including phenoxy) is 1. The fourth-order valence-electron chi connectivity index (χ4n) is 3.31. The van der Waals surface area contributed by atoms with Crippen LogP contribution in [-0.2, 0) is 22.4 Å². The highest BCUT2D eigenvalue weighted by molar-refractivity contribution is 6.40. The van der Waals surface area contributed by atoms with Gasteiger partial charge >= 0.3 is 5.97 Å². The minimum absolute atomic E-state index is 0.217. The summed E-state index contributed by atoms with van der Waals surface area (Å²) in [4.78, 5) is 26.3. The van der Waals surface area contributed by atoms with Gasteiger partial charge in [0.15, 0.2) is 0 Å². The first-order chi connectivity index (χ1) is 12.9. The van der Waals surface area contributed by atoms with Gasteiger partial charge in [-0.25, -0.2) is 0 Å². The number of rotatable bonds is 4. The topological polar surface area (TPSA) is 72.6 Å². The molecule has 5 nitrogen and oxygen atoms in total. The van der Waals surface area contributed by atoms with Crippen LogP contribution in [-0.4, -0.2) is 31.6 Å². The molecule has 1 heterocycles. The van der Waals surface area contributed by atoms with Crippen LogP contribution < -0.4 is 10.6 Å². The molecule has 142 valence electrons. The smallest absolute Gasteiger partial charge is 0.322 e. The lowest BCUT2D eigenvalue weighted by Gasteiger charge is -2.30. The van der Waals surface area contributed by atoms with E-state index >= 15 is 0 Å². The molecule has 2 aromatic carbocycles. The van der Waals surface area contributed by atoms with E-state index in [0.717, 1.165) is 29.7 Å². The molecule has 1 aliphatic heterocycles. The molecule has 3 rings (SSSR count). The number of nitrogens with two attached hydrogens (primary N) is 1. The molecule has 0 saturated heterocycles. The van der Waals surface area contributed by atoms with Gasteiger partial charge in [-0.15, -0.1) is 0 Å². The highest BCUT2D eigenvalue weighted by Gasteiger charge is 2.27. The third-order valence-corrected chi connectivity index (χ3v) is 5.27. The minimum atomic E-state index is -0.712. The largest absolute Gasteiger partial charge is 0.468 e. The van der Waals surface area contributed by atoms with Crippen LogP contribution in [0.5, 0.6) is 0 Å². The summed E-state index contributed by atoms with van der Waals surface area (Å²) in [6.45, 7) is 0.592. The lowest BCUT2D eigenvalue weighted by molar-refractivity contribution is -0.142. The molecule has 0 aromatic heterocycles. The lowest BCUT2D eigenvalue weighted by atomic mass is 9.96. The normalized spacial score (nSPS) is 14.4. The average molecular weight is 407 g/mol. The van der Waals surface area contributed by atoms with Gasteiger partial charge in [-0.05, 0) is 48.6 Å². The number of aryl methyl sites for hydroxylation is 1. The third kappa shape index (κ3) is 4.10. The molecule has 0 aliphatic carbocycles. The van der Waals surface area contributed by atoms with Crippen molar-refractivity contribution in [3.05, 3.63) is 63.1 Å². The lowest BCUT2D eigenvalue weighted by Crippen LogP contribution is -2.36. The highest BCUT2D eigenvalue weighted by Crippen LogP contribution is 2.33. The predicted molar refractivity (Wildman–Crippen MR) is 107 cm³/mol. The second-order valence-corrected chi connectivity index (χ2v) is 7.27. The van der Waals surface area contributed by atoms with Crippen molar-refractivity contribution in [2.24, 2.45) is 5.73 Å². The maximum atomic E-state index is 13.1. The van der Waals surface area contributed by atoms with E-state index in [2.05, 4.69) is 4.74 Å². The van der Waals surface area contributed by atoms with Crippen molar-refractivity contribution in [1.82, 2.24) is 0 Å². The number of esters is 1. The number of benzene rings is 2. The monoisotopic (exact) mass is 406 g/mol. The van der Waals surface area contributed by atoms with E-state index in [1.54, 1.807) is 23.1 Å². The zero-order chi connectivity index (χ0) is 19.6. The van der Waals surface area contributed by atoms with Crippen LogP contribution in [0.25, 0.3) is 0 Å². The molecule has 2 N–H and O–H groups in total. The van der Waals surface area contributed by atoms with Crippen molar-refractivity contribution in [2.45, 2.75) is 25.3 Å². The van der Waals surface area contributed by atoms with Crippen molar-refractivity contribution in [1.29, 1.82) is 0 Å². The fourth-order valence-corrected chi connectivity index (χ4v) is 3.87.